The van der Waals surface area contributed by atoms with Crippen LogP contribution in [0.1, 0.15) is 17.3 Å². The minimum atomic E-state index is 0.688. The molecular formula is C15H18N4O. The van der Waals surface area contributed by atoms with Gasteiger partial charge in [0.15, 0.2) is 5.82 Å². The molecule has 0 unspecified atom stereocenters. The number of aromatic nitrogens is 3. The van der Waals surface area contributed by atoms with E-state index in [0.717, 1.165) is 19.5 Å². The van der Waals surface area contributed by atoms with Crippen molar-refractivity contribution in [3.05, 3.63) is 47.7 Å². The molecule has 0 atom stereocenters. The molecule has 0 amide bonds. The highest BCUT2D eigenvalue weighted by molar-refractivity contribution is 5.83. The molecular weight excluding hydrogens is 252 g/mol. The van der Waals surface area contributed by atoms with Crippen molar-refractivity contribution in [1.29, 1.82) is 0 Å². The van der Waals surface area contributed by atoms with Crippen molar-refractivity contribution in [1.82, 2.24) is 20.0 Å². The number of nitrogens with one attached hydrogen (secondary N) is 1. The molecule has 0 spiro atoms. The largest absolute Gasteiger partial charge is 0.350 e. The lowest BCUT2D eigenvalue weighted by Gasteiger charge is -2.01. The number of benzene rings is 1. The van der Waals surface area contributed by atoms with Crippen LogP contribution >= 0.6 is 0 Å². The molecule has 3 aromatic rings. The van der Waals surface area contributed by atoms with Gasteiger partial charge in [-0.2, -0.15) is 4.98 Å². The summed E-state index contributed by atoms with van der Waals surface area (Å²) in [6, 6.07) is 8.44. The van der Waals surface area contributed by atoms with E-state index in [2.05, 4.69) is 57.5 Å². The van der Waals surface area contributed by atoms with E-state index < -0.39 is 0 Å². The Morgan fingerprint density at radius 3 is 2.95 bits per heavy atom. The zero-order valence-electron chi connectivity index (χ0n) is 11.8. The van der Waals surface area contributed by atoms with Gasteiger partial charge >= 0.3 is 0 Å². The summed E-state index contributed by atoms with van der Waals surface area (Å²) in [6.07, 6.45) is 2.93. The van der Waals surface area contributed by atoms with E-state index in [0.29, 0.717) is 11.7 Å². The van der Waals surface area contributed by atoms with E-state index in [1.165, 1.54) is 16.5 Å². The smallest absolute Gasteiger partial charge is 0.227 e. The van der Waals surface area contributed by atoms with E-state index in [9.17, 15) is 0 Å². The summed E-state index contributed by atoms with van der Waals surface area (Å²) in [5.74, 6) is 1.38. The lowest BCUT2D eigenvalue weighted by Crippen LogP contribution is -2.16. The Hall–Kier alpha value is -2.14. The molecule has 1 aromatic carbocycles. The summed E-state index contributed by atoms with van der Waals surface area (Å²) in [4.78, 5) is 4.19. The summed E-state index contributed by atoms with van der Waals surface area (Å²) in [7, 11) is 2.08. The Bertz CT molecular complexity index is 714. The second kappa shape index (κ2) is 5.46. The number of para-hydroxylation sites is 1. The normalized spacial score (nSPS) is 11.3. The predicted octanol–water partition coefficient (Wildman–Crippen LogP) is 2.20. The minimum Gasteiger partial charge on any atom is -0.350 e. The molecule has 2 heterocycles. The summed E-state index contributed by atoms with van der Waals surface area (Å²) >= 11 is 0. The van der Waals surface area contributed by atoms with Gasteiger partial charge in [0.25, 0.3) is 0 Å². The van der Waals surface area contributed by atoms with Crippen LogP contribution in [0.3, 0.4) is 0 Å². The Labute approximate surface area is 117 Å². The second-order valence-corrected chi connectivity index (χ2v) is 4.94. The quantitative estimate of drug-likeness (QED) is 0.722. The van der Waals surface area contributed by atoms with Crippen LogP contribution < -0.4 is 5.32 Å². The summed E-state index contributed by atoms with van der Waals surface area (Å²) < 4.78 is 7.25. The molecule has 0 bridgehead atoms. The maximum Gasteiger partial charge on any atom is 0.227 e. The number of hydrogen-bond donors (Lipinski definition) is 1. The van der Waals surface area contributed by atoms with Gasteiger partial charge in [0.2, 0.25) is 5.89 Å². The number of nitrogens with zero attached hydrogens (tertiary/aromatic N) is 3. The summed E-state index contributed by atoms with van der Waals surface area (Å²) in [5.41, 5.74) is 2.57. The van der Waals surface area contributed by atoms with Gasteiger partial charge in [-0.3, -0.25) is 0 Å². The molecule has 1 N–H and O–H groups in total. The molecule has 104 valence electrons. The fourth-order valence-electron chi connectivity index (χ4n) is 2.43. The Morgan fingerprint density at radius 2 is 2.15 bits per heavy atom. The average Bonchev–Trinajstić information content (AvgIpc) is 3.00. The zero-order valence-corrected chi connectivity index (χ0v) is 11.8. The molecule has 0 aliphatic carbocycles. The highest BCUT2D eigenvalue weighted by Crippen LogP contribution is 2.19. The molecule has 0 aliphatic heterocycles. The lowest BCUT2D eigenvalue weighted by atomic mass is 10.2. The number of fused-ring (bicyclic) bond motifs is 1. The maximum atomic E-state index is 5.09. The molecule has 0 fully saturated rings. The van der Waals surface area contributed by atoms with Crippen molar-refractivity contribution < 1.29 is 4.52 Å². The molecule has 5 nitrogen and oxygen atoms in total. The lowest BCUT2D eigenvalue weighted by molar-refractivity contribution is 0.372. The first-order valence-electron chi connectivity index (χ1n) is 6.77. The van der Waals surface area contributed by atoms with Crippen molar-refractivity contribution in [2.24, 2.45) is 7.05 Å². The van der Waals surface area contributed by atoms with E-state index in [1.807, 2.05) is 6.92 Å². The van der Waals surface area contributed by atoms with E-state index in [1.54, 1.807) is 0 Å². The van der Waals surface area contributed by atoms with Crippen molar-refractivity contribution in [3.8, 4) is 0 Å². The van der Waals surface area contributed by atoms with Gasteiger partial charge in [-0.1, -0.05) is 23.4 Å². The monoisotopic (exact) mass is 270 g/mol. The minimum absolute atomic E-state index is 0.688. The van der Waals surface area contributed by atoms with Crippen LogP contribution in [0, 0.1) is 6.92 Å². The number of rotatable bonds is 5. The van der Waals surface area contributed by atoms with Crippen LogP contribution in [0.15, 0.2) is 35.0 Å². The molecule has 20 heavy (non-hydrogen) atoms. The molecule has 0 saturated heterocycles. The van der Waals surface area contributed by atoms with Crippen LogP contribution in [0.2, 0.25) is 0 Å². The van der Waals surface area contributed by atoms with E-state index in [4.69, 9.17) is 4.52 Å². The Morgan fingerprint density at radius 1 is 1.30 bits per heavy atom. The second-order valence-electron chi connectivity index (χ2n) is 4.94. The standard InChI is InChI=1S/C15H18N4O/c1-11-17-15(20-18-11)7-8-16-9-12-10-19(2)14-6-4-3-5-13(12)14/h3-6,10,16H,7-9H2,1-2H3. The van der Waals surface area contributed by atoms with Gasteiger partial charge in [-0.25, -0.2) is 0 Å². The fraction of sp³-hybridized carbons (Fsp3) is 0.333. The molecule has 3 rings (SSSR count). The third kappa shape index (κ3) is 2.58. The molecule has 0 saturated carbocycles. The zero-order chi connectivity index (χ0) is 13.9. The van der Waals surface area contributed by atoms with Gasteiger partial charge in [0.05, 0.1) is 0 Å². The van der Waals surface area contributed by atoms with Gasteiger partial charge < -0.3 is 14.4 Å². The maximum absolute atomic E-state index is 5.09. The highest BCUT2D eigenvalue weighted by atomic mass is 16.5. The first-order valence-corrected chi connectivity index (χ1v) is 6.77. The SMILES string of the molecule is Cc1noc(CCNCc2cn(C)c3ccccc23)n1. The van der Waals surface area contributed by atoms with Gasteiger partial charge in [-0.15, -0.1) is 0 Å². The van der Waals surface area contributed by atoms with Gasteiger partial charge in [0, 0.05) is 43.7 Å². The Balaban J connectivity index is 1.60. The average molecular weight is 270 g/mol. The third-order valence-corrected chi connectivity index (χ3v) is 3.38. The molecule has 2 aromatic heterocycles. The van der Waals surface area contributed by atoms with Crippen molar-refractivity contribution in [3.63, 3.8) is 0 Å². The van der Waals surface area contributed by atoms with Crippen LogP contribution in [-0.2, 0) is 20.0 Å². The van der Waals surface area contributed by atoms with Crippen molar-refractivity contribution in [2.75, 3.05) is 6.54 Å². The highest BCUT2D eigenvalue weighted by Gasteiger charge is 2.06. The molecule has 5 heteroatoms. The van der Waals surface area contributed by atoms with Crippen LogP contribution in [0.4, 0.5) is 0 Å². The van der Waals surface area contributed by atoms with Crippen LogP contribution in [-0.4, -0.2) is 21.3 Å². The predicted molar refractivity (Wildman–Crippen MR) is 77.4 cm³/mol. The Kier molecular flexibility index (Phi) is 3.52. The van der Waals surface area contributed by atoms with Gasteiger partial charge in [0.1, 0.15) is 0 Å². The topological polar surface area (TPSA) is 55.9 Å². The summed E-state index contributed by atoms with van der Waals surface area (Å²) in [5, 5.41) is 8.51. The van der Waals surface area contributed by atoms with Crippen molar-refractivity contribution >= 4 is 10.9 Å². The number of hydrogen-bond acceptors (Lipinski definition) is 4. The van der Waals surface area contributed by atoms with Gasteiger partial charge in [-0.05, 0) is 18.6 Å². The first kappa shape index (κ1) is 12.9. The molecule has 0 radical (unpaired) electrons. The molecule has 0 aliphatic rings. The van der Waals surface area contributed by atoms with Crippen LogP contribution in [0.25, 0.3) is 10.9 Å². The first-order chi connectivity index (χ1) is 9.74. The third-order valence-electron chi connectivity index (χ3n) is 3.38. The summed E-state index contributed by atoms with van der Waals surface area (Å²) in [6.45, 7) is 3.50. The van der Waals surface area contributed by atoms with Crippen molar-refractivity contribution in [2.45, 2.75) is 19.9 Å². The fourth-order valence-corrected chi connectivity index (χ4v) is 2.43. The van der Waals surface area contributed by atoms with E-state index in [-0.39, 0.29) is 0 Å². The van der Waals surface area contributed by atoms with E-state index >= 15 is 0 Å². The van der Waals surface area contributed by atoms with Crippen LogP contribution in [0.5, 0.6) is 0 Å². The number of aryl methyl sites for hydroxylation is 2.